The van der Waals surface area contributed by atoms with Crippen molar-refractivity contribution in [3.05, 3.63) is 60.2 Å². The van der Waals surface area contributed by atoms with Crippen LogP contribution in [0.2, 0.25) is 0 Å². The Hall–Kier alpha value is -3.01. The number of ether oxygens (including phenoxy) is 1. The molecule has 0 unspecified atom stereocenters. The summed E-state index contributed by atoms with van der Waals surface area (Å²) in [5.74, 6) is -0.275. The number of nitrogen functional groups attached to an aromatic ring is 1. The molecule has 4 N–H and O–H groups in total. The number of hydrogen-bond donors (Lipinski definition) is 3. The van der Waals surface area contributed by atoms with Gasteiger partial charge in [0.05, 0.1) is 17.9 Å². The number of rotatable bonds is 4. The third-order valence-corrected chi connectivity index (χ3v) is 4.53. The largest absolute Gasteiger partial charge is 0.457 e. The fourth-order valence-electron chi connectivity index (χ4n) is 3.10. The number of carbonyl (C=O) groups excluding carboxylic acids is 1. The van der Waals surface area contributed by atoms with Crippen LogP contribution in [-0.2, 0) is 4.74 Å². The minimum absolute atomic E-state index is 0. The Kier molecular flexibility index (Phi) is 5.59. The Morgan fingerprint density at radius 1 is 1.18 bits per heavy atom. The number of halogens is 1. The van der Waals surface area contributed by atoms with Gasteiger partial charge in [0, 0.05) is 0 Å². The van der Waals surface area contributed by atoms with Gasteiger partial charge in [-0.05, 0) is 17.7 Å². The number of aromatic nitrogens is 4. The van der Waals surface area contributed by atoms with Crippen LogP contribution < -0.4 is 5.73 Å². The SMILES string of the molecule is Cl.Nc1ncnc2c1ncn2[C@@H]1C=C(COC(=O)c2ccccc2)[C@@H](O)[C@H]1O. The van der Waals surface area contributed by atoms with Gasteiger partial charge in [-0.1, -0.05) is 24.3 Å². The normalized spacial score (nSPS) is 21.2. The number of esters is 1. The van der Waals surface area contributed by atoms with E-state index in [-0.39, 0.29) is 24.8 Å². The molecule has 0 saturated carbocycles. The molecule has 2 heterocycles. The second-order valence-corrected chi connectivity index (χ2v) is 6.19. The topological polar surface area (TPSA) is 136 Å². The number of aliphatic hydroxyl groups is 2. The van der Waals surface area contributed by atoms with Crippen molar-refractivity contribution >= 4 is 35.4 Å². The van der Waals surface area contributed by atoms with Crippen molar-refractivity contribution in [1.29, 1.82) is 0 Å². The molecular weight excluding hydrogens is 386 g/mol. The first kappa shape index (κ1) is 19.7. The third-order valence-electron chi connectivity index (χ3n) is 4.53. The van der Waals surface area contributed by atoms with Gasteiger partial charge in [-0.2, -0.15) is 0 Å². The first-order valence-corrected chi connectivity index (χ1v) is 8.28. The molecule has 0 aliphatic heterocycles. The minimum atomic E-state index is -1.17. The number of nitrogens with zero attached hydrogens (tertiary/aromatic N) is 4. The summed E-state index contributed by atoms with van der Waals surface area (Å²) in [6.07, 6.45) is 2.12. The first-order chi connectivity index (χ1) is 13.1. The zero-order chi connectivity index (χ0) is 19.0. The molecule has 0 amide bonds. The molecule has 10 heteroatoms. The molecule has 1 aliphatic carbocycles. The summed E-state index contributed by atoms with van der Waals surface area (Å²) in [7, 11) is 0. The standard InChI is InChI=1S/C18H17N5O4.ClH/c19-16-13-17(21-8-20-16)23(9-22-13)12-6-11(14(24)15(12)25)7-27-18(26)10-4-2-1-3-5-10;/h1-6,8-9,12,14-15,24-25H,7H2,(H2,19,20,21);1H/t12-,14-,15+;/m1./s1. The van der Waals surface area contributed by atoms with E-state index in [9.17, 15) is 15.0 Å². The third kappa shape index (κ3) is 3.42. The highest BCUT2D eigenvalue weighted by molar-refractivity contribution is 5.89. The highest BCUT2D eigenvalue weighted by Crippen LogP contribution is 2.32. The van der Waals surface area contributed by atoms with E-state index < -0.39 is 24.2 Å². The molecule has 3 aromatic rings. The van der Waals surface area contributed by atoms with Gasteiger partial charge in [-0.15, -0.1) is 12.4 Å². The smallest absolute Gasteiger partial charge is 0.338 e. The summed E-state index contributed by atoms with van der Waals surface area (Å²) in [6.45, 7) is -0.133. The summed E-state index contributed by atoms with van der Waals surface area (Å²) < 4.78 is 6.86. The number of imidazole rings is 1. The predicted molar refractivity (Wildman–Crippen MR) is 103 cm³/mol. The van der Waals surface area contributed by atoms with Crippen LogP contribution in [0.1, 0.15) is 16.4 Å². The zero-order valence-electron chi connectivity index (χ0n) is 14.5. The summed E-state index contributed by atoms with van der Waals surface area (Å²) >= 11 is 0. The Morgan fingerprint density at radius 2 is 1.93 bits per heavy atom. The van der Waals surface area contributed by atoms with E-state index in [1.54, 1.807) is 41.0 Å². The molecule has 0 radical (unpaired) electrons. The molecular formula is C18H18ClN5O4. The molecule has 1 aliphatic rings. The average molecular weight is 404 g/mol. The lowest BCUT2D eigenvalue weighted by molar-refractivity contribution is 0.0236. The van der Waals surface area contributed by atoms with Gasteiger partial charge in [-0.25, -0.2) is 19.7 Å². The number of benzene rings is 1. The number of nitrogens with two attached hydrogens (primary N) is 1. The molecule has 1 aromatic carbocycles. The van der Waals surface area contributed by atoms with Gasteiger partial charge in [-0.3, -0.25) is 0 Å². The number of anilines is 1. The number of aliphatic hydroxyl groups excluding tert-OH is 2. The summed E-state index contributed by atoms with van der Waals surface area (Å²) in [5, 5.41) is 20.8. The predicted octanol–water partition coefficient (Wildman–Crippen LogP) is 0.890. The van der Waals surface area contributed by atoms with Gasteiger partial charge < -0.3 is 25.3 Å². The molecule has 28 heavy (non-hydrogen) atoms. The van der Waals surface area contributed by atoms with Crippen LogP contribution in [0.15, 0.2) is 54.6 Å². The summed E-state index contributed by atoms with van der Waals surface area (Å²) in [4.78, 5) is 24.3. The van der Waals surface area contributed by atoms with E-state index in [1.165, 1.54) is 12.7 Å². The van der Waals surface area contributed by atoms with Crippen LogP contribution in [-0.4, -0.2) is 54.5 Å². The second-order valence-electron chi connectivity index (χ2n) is 6.19. The van der Waals surface area contributed by atoms with Gasteiger partial charge in [0.2, 0.25) is 0 Å². The fraction of sp³-hybridized carbons (Fsp3) is 0.222. The van der Waals surface area contributed by atoms with Crippen molar-refractivity contribution in [2.75, 3.05) is 12.3 Å². The molecule has 9 nitrogen and oxygen atoms in total. The molecule has 3 atom stereocenters. The van der Waals surface area contributed by atoms with Crippen molar-refractivity contribution in [2.45, 2.75) is 18.2 Å². The summed E-state index contributed by atoms with van der Waals surface area (Å²) in [5.41, 5.74) is 7.45. The van der Waals surface area contributed by atoms with Gasteiger partial charge >= 0.3 is 5.97 Å². The van der Waals surface area contributed by atoms with E-state index in [0.29, 0.717) is 22.3 Å². The maximum absolute atomic E-state index is 12.1. The van der Waals surface area contributed by atoms with Gasteiger partial charge in [0.1, 0.15) is 30.7 Å². The quantitative estimate of drug-likeness (QED) is 0.431. The first-order valence-electron chi connectivity index (χ1n) is 8.28. The van der Waals surface area contributed by atoms with Crippen molar-refractivity contribution in [1.82, 2.24) is 19.5 Å². The maximum Gasteiger partial charge on any atom is 0.338 e. The number of carbonyl (C=O) groups is 1. The molecule has 0 spiro atoms. The maximum atomic E-state index is 12.1. The van der Waals surface area contributed by atoms with Crippen molar-refractivity contribution in [3.8, 4) is 0 Å². The van der Waals surface area contributed by atoms with Gasteiger partial charge in [0.25, 0.3) is 0 Å². The Morgan fingerprint density at radius 3 is 2.68 bits per heavy atom. The Balaban J connectivity index is 0.00000225. The van der Waals surface area contributed by atoms with E-state index in [4.69, 9.17) is 10.5 Å². The van der Waals surface area contributed by atoms with E-state index in [2.05, 4.69) is 15.0 Å². The molecule has 0 saturated heterocycles. The monoisotopic (exact) mass is 403 g/mol. The molecule has 0 bridgehead atoms. The fourth-order valence-corrected chi connectivity index (χ4v) is 3.10. The van der Waals surface area contributed by atoms with Crippen LogP contribution in [0.4, 0.5) is 5.82 Å². The Bertz CT molecular complexity index is 1020. The van der Waals surface area contributed by atoms with Crippen molar-refractivity contribution in [3.63, 3.8) is 0 Å². The molecule has 2 aromatic heterocycles. The lowest BCUT2D eigenvalue weighted by Gasteiger charge is -2.19. The lowest BCUT2D eigenvalue weighted by Crippen LogP contribution is -2.30. The second kappa shape index (κ2) is 7.93. The van der Waals surface area contributed by atoms with Crippen molar-refractivity contribution < 1.29 is 19.7 Å². The number of hydrogen-bond acceptors (Lipinski definition) is 8. The zero-order valence-corrected chi connectivity index (χ0v) is 15.4. The Labute approximate surface area is 165 Å². The summed E-state index contributed by atoms with van der Waals surface area (Å²) in [6, 6.07) is 7.93. The molecule has 0 fully saturated rings. The molecule has 4 rings (SSSR count). The average Bonchev–Trinajstić information content (AvgIpc) is 3.23. The number of fused-ring (bicyclic) bond motifs is 1. The lowest BCUT2D eigenvalue weighted by atomic mass is 10.1. The minimum Gasteiger partial charge on any atom is -0.457 e. The molecule has 146 valence electrons. The van der Waals surface area contributed by atoms with E-state index in [0.717, 1.165) is 0 Å². The van der Waals surface area contributed by atoms with Crippen LogP contribution in [0.25, 0.3) is 11.2 Å². The highest BCUT2D eigenvalue weighted by atomic mass is 35.5. The van der Waals surface area contributed by atoms with Crippen molar-refractivity contribution in [2.24, 2.45) is 0 Å². The van der Waals surface area contributed by atoms with E-state index >= 15 is 0 Å². The highest BCUT2D eigenvalue weighted by Gasteiger charge is 2.37. The van der Waals surface area contributed by atoms with Crippen LogP contribution >= 0.6 is 12.4 Å². The van der Waals surface area contributed by atoms with Gasteiger partial charge in [0.15, 0.2) is 11.5 Å². The van der Waals surface area contributed by atoms with Crippen LogP contribution in [0.5, 0.6) is 0 Å². The van der Waals surface area contributed by atoms with Crippen LogP contribution in [0, 0.1) is 0 Å². The van der Waals surface area contributed by atoms with Crippen LogP contribution in [0.3, 0.4) is 0 Å². The van der Waals surface area contributed by atoms with E-state index in [1.807, 2.05) is 0 Å².